The number of hydrogen-bond donors (Lipinski definition) is 2. The van der Waals surface area contributed by atoms with Gasteiger partial charge in [0.05, 0.1) is 0 Å². The van der Waals surface area contributed by atoms with Crippen molar-refractivity contribution in [2.45, 2.75) is 6.92 Å². The highest BCUT2D eigenvalue weighted by molar-refractivity contribution is 5.00. The summed E-state index contributed by atoms with van der Waals surface area (Å²) in [5.41, 5.74) is 0. The second kappa shape index (κ2) is 3.28. The quantitative estimate of drug-likeness (QED) is 0.387. The zero-order chi connectivity index (χ0) is 5.70. The molecule has 0 aliphatic rings. The van der Waals surface area contributed by atoms with E-state index in [4.69, 9.17) is 10.2 Å². The molecule has 0 heterocycles. The highest BCUT2D eigenvalue weighted by atomic mass is 16.5. The summed E-state index contributed by atoms with van der Waals surface area (Å²) in [5.74, 6) is -0.655. The molecule has 0 rings (SSSR count). The van der Waals surface area contributed by atoms with Crippen LogP contribution in [-0.4, -0.2) is 10.2 Å². The Morgan fingerprint density at radius 1 is 1.43 bits per heavy atom. The summed E-state index contributed by atoms with van der Waals surface area (Å²) in [5, 5.41) is 16.1. The molecule has 0 unspecified atom stereocenters. The number of allylic oxidation sites excluding steroid dienone is 3. The maximum atomic E-state index is 8.05. The van der Waals surface area contributed by atoms with E-state index in [1.165, 1.54) is 12.2 Å². The largest absolute Gasteiger partial charge is 0.481 e. The third-order valence-corrected chi connectivity index (χ3v) is 0.438. The van der Waals surface area contributed by atoms with Gasteiger partial charge in [-0.05, 0) is 6.92 Å². The van der Waals surface area contributed by atoms with E-state index in [1.807, 2.05) is 0 Å². The molecule has 0 aliphatic heterocycles. The van der Waals surface area contributed by atoms with Gasteiger partial charge >= 0.3 is 0 Å². The van der Waals surface area contributed by atoms with Crippen LogP contribution in [0, 0.1) is 0 Å². The summed E-state index contributed by atoms with van der Waals surface area (Å²) < 4.78 is 0. The van der Waals surface area contributed by atoms with Gasteiger partial charge < -0.3 is 10.2 Å². The van der Waals surface area contributed by atoms with E-state index >= 15 is 0 Å². The molecule has 0 saturated heterocycles. The minimum atomic E-state index is -0.655. The van der Waals surface area contributed by atoms with Crippen molar-refractivity contribution in [3.63, 3.8) is 0 Å². The van der Waals surface area contributed by atoms with Crippen molar-refractivity contribution in [3.8, 4) is 0 Å². The molecule has 0 bridgehead atoms. The van der Waals surface area contributed by atoms with E-state index in [-0.39, 0.29) is 0 Å². The first-order valence-electron chi connectivity index (χ1n) is 1.98. The predicted molar refractivity (Wildman–Crippen MR) is 28.2 cm³/mol. The Labute approximate surface area is 42.4 Å². The molecule has 40 valence electrons. The molecule has 0 aromatic heterocycles. The smallest absolute Gasteiger partial charge is 0.274 e. The minimum Gasteiger partial charge on any atom is -0.481 e. The third kappa shape index (κ3) is 5.08. The van der Waals surface area contributed by atoms with Crippen molar-refractivity contribution in [1.82, 2.24) is 0 Å². The molecule has 2 heteroatoms. The highest BCUT2D eigenvalue weighted by Gasteiger charge is 1.71. The lowest BCUT2D eigenvalue weighted by Gasteiger charge is -1.77. The highest BCUT2D eigenvalue weighted by Crippen LogP contribution is 1.79. The van der Waals surface area contributed by atoms with Gasteiger partial charge in [0.25, 0.3) is 5.95 Å². The number of aliphatic hydroxyl groups is 2. The van der Waals surface area contributed by atoms with Gasteiger partial charge in [0.15, 0.2) is 0 Å². The van der Waals surface area contributed by atoms with Crippen molar-refractivity contribution < 1.29 is 10.2 Å². The van der Waals surface area contributed by atoms with E-state index in [9.17, 15) is 0 Å². The Balaban J connectivity index is 3.46. The molecule has 0 fully saturated rings. The van der Waals surface area contributed by atoms with Gasteiger partial charge in [-0.15, -0.1) is 0 Å². The topological polar surface area (TPSA) is 40.5 Å². The maximum absolute atomic E-state index is 8.05. The molecule has 0 amide bonds. The molecule has 0 aliphatic carbocycles. The fourth-order valence-electron chi connectivity index (χ4n) is 0.182. The molecular formula is C5H8O2. The molecule has 2 nitrogen and oxygen atoms in total. The lowest BCUT2D eigenvalue weighted by molar-refractivity contribution is 0.191. The average Bonchev–Trinajstić information content (AvgIpc) is 1.61. The molecule has 0 spiro atoms. The van der Waals surface area contributed by atoms with Crippen LogP contribution in [0.3, 0.4) is 0 Å². The van der Waals surface area contributed by atoms with Gasteiger partial charge in [0.1, 0.15) is 0 Å². The second-order valence-electron chi connectivity index (χ2n) is 1.05. The Hall–Kier alpha value is -0.920. The monoisotopic (exact) mass is 100 g/mol. The Morgan fingerprint density at radius 3 is 2.14 bits per heavy atom. The molecule has 0 radical (unpaired) electrons. The van der Waals surface area contributed by atoms with Crippen LogP contribution in [0.2, 0.25) is 0 Å². The van der Waals surface area contributed by atoms with Gasteiger partial charge in [-0.3, -0.25) is 0 Å². The standard InChI is InChI=1S/C5H8O2/c1-2-3-4-5(6)7/h2-4,6-7H,1H3. The maximum Gasteiger partial charge on any atom is 0.274 e. The van der Waals surface area contributed by atoms with Crippen molar-refractivity contribution in [1.29, 1.82) is 0 Å². The molecule has 0 saturated carbocycles. The number of rotatable bonds is 1. The first-order chi connectivity index (χ1) is 3.27. The van der Waals surface area contributed by atoms with E-state index in [0.29, 0.717) is 0 Å². The average molecular weight is 100 g/mol. The lowest BCUT2D eigenvalue weighted by Crippen LogP contribution is -1.69. The fraction of sp³-hybridized carbons (Fsp3) is 0.200. The van der Waals surface area contributed by atoms with Gasteiger partial charge in [0.2, 0.25) is 0 Å². The van der Waals surface area contributed by atoms with Crippen molar-refractivity contribution in [2.24, 2.45) is 0 Å². The van der Waals surface area contributed by atoms with E-state index in [1.54, 1.807) is 13.0 Å². The Morgan fingerprint density at radius 2 is 2.00 bits per heavy atom. The summed E-state index contributed by atoms with van der Waals surface area (Å²) in [6.45, 7) is 1.79. The number of aliphatic hydroxyl groups excluding tert-OH is 1. The normalized spacial score (nSPS) is 9.29. The van der Waals surface area contributed by atoms with Crippen LogP contribution < -0.4 is 0 Å². The summed E-state index contributed by atoms with van der Waals surface area (Å²) in [4.78, 5) is 0. The van der Waals surface area contributed by atoms with Crippen molar-refractivity contribution in [2.75, 3.05) is 0 Å². The molecule has 0 aromatic rings. The predicted octanol–water partition coefficient (Wildman–Crippen LogP) is 1.52. The van der Waals surface area contributed by atoms with Crippen LogP contribution in [0.1, 0.15) is 6.92 Å². The summed E-state index contributed by atoms with van der Waals surface area (Å²) in [6, 6.07) is 0. The molecular weight excluding hydrogens is 92.1 g/mol. The second-order valence-corrected chi connectivity index (χ2v) is 1.05. The van der Waals surface area contributed by atoms with E-state index < -0.39 is 5.95 Å². The van der Waals surface area contributed by atoms with Gasteiger partial charge in [-0.2, -0.15) is 0 Å². The zero-order valence-corrected chi connectivity index (χ0v) is 4.13. The van der Waals surface area contributed by atoms with Gasteiger partial charge in [-0.1, -0.05) is 12.2 Å². The Bertz CT molecular complexity index is 88.3. The molecule has 0 aromatic carbocycles. The van der Waals surface area contributed by atoms with Crippen molar-refractivity contribution in [3.05, 3.63) is 24.2 Å². The summed E-state index contributed by atoms with van der Waals surface area (Å²) >= 11 is 0. The van der Waals surface area contributed by atoms with Crippen LogP contribution >= 0.6 is 0 Å². The summed E-state index contributed by atoms with van der Waals surface area (Å²) in [6.07, 6.45) is 4.43. The van der Waals surface area contributed by atoms with Crippen LogP contribution in [0.25, 0.3) is 0 Å². The fourth-order valence-corrected chi connectivity index (χ4v) is 0.182. The van der Waals surface area contributed by atoms with Crippen LogP contribution in [-0.2, 0) is 0 Å². The molecule has 0 atom stereocenters. The van der Waals surface area contributed by atoms with E-state index in [2.05, 4.69) is 0 Å². The van der Waals surface area contributed by atoms with Crippen LogP contribution in [0.4, 0.5) is 0 Å². The first kappa shape index (κ1) is 6.08. The lowest BCUT2D eigenvalue weighted by atomic mass is 10.5. The molecule has 7 heavy (non-hydrogen) atoms. The summed E-state index contributed by atoms with van der Waals surface area (Å²) in [7, 11) is 0. The SMILES string of the molecule is CC=CC=C(O)O. The first-order valence-corrected chi connectivity index (χ1v) is 1.98. The third-order valence-electron chi connectivity index (χ3n) is 0.438. The van der Waals surface area contributed by atoms with Crippen LogP contribution in [0.5, 0.6) is 0 Å². The molecule has 2 N–H and O–H groups in total. The van der Waals surface area contributed by atoms with Gasteiger partial charge in [-0.25, -0.2) is 0 Å². The minimum absolute atomic E-state index is 0.655. The Kier molecular flexibility index (Phi) is 2.85. The van der Waals surface area contributed by atoms with E-state index in [0.717, 1.165) is 0 Å². The van der Waals surface area contributed by atoms with Gasteiger partial charge in [0, 0.05) is 6.08 Å². The van der Waals surface area contributed by atoms with Crippen LogP contribution in [0.15, 0.2) is 24.2 Å². The van der Waals surface area contributed by atoms with Crippen molar-refractivity contribution >= 4 is 0 Å². The zero-order valence-electron chi connectivity index (χ0n) is 4.13. The number of hydrogen-bond acceptors (Lipinski definition) is 2.